The first-order valence-electron chi connectivity index (χ1n) is 7.24. The molecule has 0 spiro atoms. The molecular weight excluding hydrogens is 280 g/mol. The molecule has 3 aromatic rings. The average Bonchev–Trinajstić information content (AvgIpc) is 2.96. The van der Waals surface area contributed by atoms with Gasteiger partial charge in [-0.15, -0.1) is 0 Å². The summed E-state index contributed by atoms with van der Waals surface area (Å²) in [6, 6.07) is 8.48. The van der Waals surface area contributed by atoms with Gasteiger partial charge in [-0.1, -0.05) is 0 Å². The molecule has 0 N–H and O–H groups in total. The molecule has 1 aliphatic rings. The number of fused-ring (bicyclic) bond motifs is 1. The SMILES string of the molecule is c1cncc(-c2nc3cccnc3n2C2CCCSC2)c1. The molecule has 4 heterocycles. The van der Waals surface area contributed by atoms with Crippen molar-refractivity contribution in [3.8, 4) is 11.4 Å². The molecule has 4 nitrogen and oxygen atoms in total. The van der Waals surface area contributed by atoms with Crippen molar-refractivity contribution in [2.24, 2.45) is 0 Å². The third-order valence-corrected chi connectivity index (χ3v) is 5.07. The Hall–Kier alpha value is -1.88. The highest BCUT2D eigenvalue weighted by Gasteiger charge is 2.23. The first-order chi connectivity index (χ1) is 10.4. The lowest BCUT2D eigenvalue weighted by Crippen LogP contribution is -2.17. The average molecular weight is 296 g/mol. The van der Waals surface area contributed by atoms with Crippen LogP contribution < -0.4 is 0 Å². The van der Waals surface area contributed by atoms with Crippen molar-refractivity contribution in [2.75, 3.05) is 11.5 Å². The highest BCUT2D eigenvalue weighted by molar-refractivity contribution is 7.99. The van der Waals surface area contributed by atoms with Gasteiger partial charge in [0.2, 0.25) is 0 Å². The molecule has 0 radical (unpaired) electrons. The van der Waals surface area contributed by atoms with Crippen molar-refractivity contribution in [3.63, 3.8) is 0 Å². The Bertz CT molecular complexity index is 747. The Balaban J connectivity index is 1.92. The summed E-state index contributed by atoms with van der Waals surface area (Å²) in [6.45, 7) is 0. The van der Waals surface area contributed by atoms with E-state index < -0.39 is 0 Å². The molecule has 5 heteroatoms. The fraction of sp³-hybridized carbons (Fsp3) is 0.312. The molecule has 0 aromatic carbocycles. The van der Waals surface area contributed by atoms with E-state index in [0.29, 0.717) is 6.04 Å². The molecule has 1 aliphatic heterocycles. The summed E-state index contributed by atoms with van der Waals surface area (Å²) in [7, 11) is 0. The minimum atomic E-state index is 0.471. The molecule has 4 rings (SSSR count). The van der Waals surface area contributed by atoms with E-state index in [0.717, 1.165) is 28.3 Å². The smallest absolute Gasteiger partial charge is 0.160 e. The van der Waals surface area contributed by atoms with E-state index in [-0.39, 0.29) is 0 Å². The molecule has 106 valence electrons. The third kappa shape index (κ3) is 2.31. The number of hydrogen-bond acceptors (Lipinski definition) is 4. The van der Waals surface area contributed by atoms with Gasteiger partial charge in [0.15, 0.2) is 5.65 Å². The number of imidazole rings is 1. The third-order valence-electron chi connectivity index (χ3n) is 3.87. The van der Waals surface area contributed by atoms with Gasteiger partial charge >= 0.3 is 0 Å². The summed E-state index contributed by atoms with van der Waals surface area (Å²) >= 11 is 2.02. The molecule has 1 saturated heterocycles. The lowest BCUT2D eigenvalue weighted by Gasteiger charge is -2.24. The zero-order valence-electron chi connectivity index (χ0n) is 11.6. The van der Waals surface area contributed by atoms with E-state index >= 15 is 0 Å². The van der Waals surface area contributed by atoms with Gasteiger partial charge in [0.25, 0.3) is 0 Å². The highest BCUT2D eigenvalue weighted by Crippen LogP contribution is 2.33. The van der Waals surface area contributed by atoms with Gasteiger partial charge in [-0.2, -0.15) is 11.8 Å². The molecule has 3 aromatic heterocycles. The summed E-state index contributed by atoms with van der Waals surface area (Å²) in [5.74, 6) is 3.39. The van der Waals surface area contributed by atoms with Crippen molar-refractivity contribution in [1.29, 1.82) is 0 Å². The van der Waals surface area contributed by atoms with Gasteiger partial charge in [0.1, 0.15) is 11.3 Å². The van der Waals surface area contributed by atoms with E-state index in [2.05, 4.69) is 20.6 Å². The Morgan fingerprint density at radius 1 is 1.19 bits per heavy atom. The van der Waals surface area contributed by atoms with Crippen LogP contribution in [0.4, 0.5) is 0 Å². The van der Waals surface area contributed by atoms with Crippen LogP contribution in [-0.4, -0.2) is 31.0 Å². The van der Waals surface area contributed by atoms with Crippen LogP contribution in [0.3, 0.4) is 0 Å². The van der Waals surface area contributed by atoms with Crippen molar-refractivity contribution in [3.05, 3.63) is 42.9 Å². The lowest BCUT2D eigenvalue weighted by atomic mass is 10.1. The zero-order chi connectivity index (χ0) is 14.1. The predicted octanol–water partition coefficient (Wildman–Crippen LogP) is 3.56. The van der Waals surface area contributed by atoms with Crippen molar-refractivity contribution in [2.45, 2.75) is 18.9 Å². The lowest BCUT2D eigenvalue weighted by molar-refractivity contribution is 0.513. The van der Waals surface area contributed by atoms with E-state index in [9.17, 15) is 0 Å². The monoisotopic (exact) mass is 296 g/mol. The van der Waals surface area contributed by atoms with Gasteiger partial charge in [-0.05, 0) is 42.9 Å². The van der Waals surface area contributed by atoms with E-state index in [1.807, 2.05) is 42.4 Å². The second-order valence-electron chi connectivity index (χ2n) is 5.26. The molecule has 1 fully saturated rings. The maximum Gasteiger partial charge on any atom is 0.160 e. The Kier molecular flexibility index (Phi) is 3.35. The second-order valence-corrected chi connectivity index (χ2v) is 6.41. The maximum atomic E-state index is 4.81. The minimum absolute atomic E-state index is 0.471. The number of hydrogen-bond donors (Lipinski definition) is 0. The van der Waals surface area contributed by atoms with Crippen LogP contribution in [0, 0.1) is 0 Å². The van der Waals surface area contributed by atoms with Crippen molar-refractivity contribution < 1.29 is 0 Å². The van der Waals surface area contributed by atoms with Crippen LogP contribution in [0.1, 0.15) is 18.9 Å². The molecule has 1 unspecified atom stereocenters. The molecule has 1 atom stereocenters. The molecule has 21 heavy (non-hydrogen) atoms. The van der Waals surface area contributed by atoms with Gasteiger partial charge in [0.05, 0.1) is 0 Å². The van der Waals surface area contributed by atoms with Crippen LogP contribution in [-0.2, 0) is 0 Å². The van der Waals surface area contributed by atoms with E-state index in [1.165, 1.54) is 18.6 Å². The van der Waals surface area contributed by atoms with E-state index in [4.69, 9.17) is 4.98 Å². The van der Waals surface area contributed by atoms with Gasteiger partial charge in [-0.3, -0.25) is 4.98 Å². The second kappa shape index (κ2) is 5.48. The number of nitrogens with zero attached hydrogens (tertiary/aromatic N) is 4. The maximum absolute atomic E-state index is 4.81. The number of thioether (sulfide) groups is 1. The summed E-state index contributed by atoms with van der Waals surface area (Å²) in [4.78, 5) is 13.6. The fourth-order valence-electron chi connectivity index (χ4n) is 2.90. The van der Waals surface area contributed by atoms with E-state index in [1.54, 1.807) is 6.20 Å². The predicted molar refractivity (Wildman–Crippen MR) is 86.4 cm³/mol. The largest absolute Gasteiger partial charge is 0.305 e. The Morgan fingerprint density at radius 3 is 2.95 bits per heavy atom. The summed E-state index contributed by atoms with van der Waals surface area (Å²) in [6.07, 6.45) is 7.99. The highest BCUT2D eigenvalue weighted by atomic mass is 32.2. The fourth-order valence-corrected chi connectivity index (χ4v) is 4.03. The van der Waals surface area contributed by atoms with Gasteiger partial charge < -0.3 is 4.57 Å². The molecular formula is C16H16N4S. The first-order valence-corrected chi connectivity index (χ1v) is 8.40. The number of pyridine rings is 2. The molecule has 0 aliphatic carbocycles. The van der Waals surface area contributed by atoms with Crippen LogP contribution in [0.2, 0.25) is 0 Å². The summed E-state index contributed by atoms with van der Waals surface area (Å²) in [5, 5.41) is 0. The number of rotatable bonds is 2. The van der Waals surface area contributed by atoms with Crippen LogP contribution >= 0.6 is 11.8 Å². The van der Waals surface area contributed by atoms with Crippen LogP contribution in [0.25, 0.3) is 22.6 Å². The van der Waals surface area contributed by atoms with Gasteiger partial charge in [0, 0.05) is 35.9 Å². The first kappa shape index (κ1) is 12.8. The summed E-state index contributed by atoms with van der Waals surface area (Å²) in [5.41, 5.74) is 3.02. The zero-order valence-corrected chi connectivity index (χ0v) is 12.5. The quantitative estimate of drug-likeness (QED) is 0.725. The molecule has 0 saturated carbocycles. The topological polar surface area (TPSA) is 43.6 Å². The van der Waals surface area contributed by atoms with Crippen LogP contribution in [0.15, 0.2) is 42.9 Å². The van der Waals surface area contributed by atoms with Gasteiger partial charge in [-0.25, -0.2) is 9.97 Å². The molecule has 0 bridgehead atoms. The Morgan fingerprint density at radius 2 is 2.14 bits per heavy atom. The summed E-state index contributed by atoms with van der Waals surface area (Å²) < 4.78 is 2.32. The van der Waals surface area contributed by atoms with Crippen molar-refractivity contribution in [1.82, 2.24) is 19.5 Å². The number of aromatic nitrogens is 4. The molecule has 0 amide bonds. The Labute approximate surface area is 127 Å². The van der Waals surface area contributed by atoms with Crippen LogP contribution in [0.5, 0.6) is 0 Å². The standard InChI is InChI=1S/C16H16N4S/c1-4-12(10-17-7-1)15-19-14-6-2-8-18-16(14)20(15)13-5-3-9-21-11-13/h1-2,4,6-8,10,13H,3,5,9,11H2. The van der Waals surface area contributed by atoms with Crippen molar-refractivity contribution >= 4 is 22.9 Å². The normalized spacial score (nSPS) is 19.0. The minimum Gasteiger partial charge on any atom is -0.305 e.